The van der Waals surface area contributed by atoms with Gasteiger partial charge in [0, 0.05) is 28.6 Å². The van der Waals surface area contributed by atoms with Gasteiger partial charge in [-0.05, 0) is 61.8 Å². The van der Waals surface area contributed by atoms with E-state index in [1.165, 1.54) is 0 Å². The molecule has 3 rings (SSSR count). The number of hydrogen-bond acceptors (Lipinski definition) is 2. The van der Waals surface area contributed by atoms with Crippen LogP contribution in [0.2, 0.25) is 5.02 Å². The highest BCUT2D eigenvalue weighted by Gasteiger charge is 2.43. The zero-order valence-electron chi connectivity index (χ0n) is 14.2. The van der Waals surface area contributed by atoms with Crippen LogP contribution in [0.15, 0.2) is 24.3 Å². The Bertz CT molecular complexity index is 616. The van der Waals surface area contributed by atoms with E-state index in [2.05, 4.69) is 24.5 Å². The minimum Gasteiger partial charge on any atom is -0.353 e. The summed E-state index contributed by atoms with van der Waals surface area (Å²) in [5.41, 5.74) is 0.619. The first-order chi connectivity index (χ1) is 11.5. The van der Waals surface area contributed by atoms with Crippen LogP contribution in [-0.2, 0) is 4.79 Å². The van der Waals surface area contributed by atoms with E-state index >= 15 is 0 Å². The van der Waals surface area contributed by atoms with E-state index in [1.54, 1.807) is 24.3 Å². The molecule has 1 saturated carbocycles. The Balaban J connectivity index is 1.62. The summed E-state index contributed by atoms with van der Waals surface area (Å²) >= 11 is 5.86. The summed E-state index contributed by atoms with van der Waals surface area (Å²) in [4.78, 5) is 24.6. The van der Waals surface area contributed by atoms with Crippen molar-refractivity contribution in [1.82, 2.24) is 10.6 Å². The third-order valence-electron chi connectivity index (χ3n) is 5.76. The third-order valence-corrected chi connectivity index (χ3v) is 6.01. The highest BCUT2D eigenvalue weighted by atomic mass is 35.5. The molecule has 0 radical (unpaired) electrons. The maximum atomic E-state index is 12.4. The van der Waals surface area contributed by atoms with Crippen molar-refractivity contribution in [2.45, 2.75) is 51.6 Å². The summed E-state index contributed by atoms with van der Waals surface area (Å²) in [7, 11) is 0. The Hall–Kier alpha value is -1.55. The van der Waals surface area contributed by atoms with Crippen molar-refractivity contribution >= 4 is 23.4 Å². The predicted octanol–water partition coefficient (Wildman–Crippen LogP) is 3.40. The lowest BCUT2D eigenvalue weighted by molar-refractivity contribution is -0.133. The molecule has 0 aromatic heterocycles. The van der Waals surface area contributed by atoms with Crippen LogP contribution in [0.4, 0.5) is 0 Å². The second kappa shape index (κ2) is 7.14. The van der Waals surface area contributed by atoms with E-state index in [0.29, 0.717) is 22.4 Å². The lowest BCUT2D eigenvalue weighted by Gasteiger charge is -2.46. The summed E-state index contributed by atoms with van der Waals surface area (Å²) in [5, 5.41) is 6.92. The van der Waals surface area contributed by atoms with Crippen LogP contribution in [-0.4, -0.2) is 23.9 Å². The minimum atomic E-state index is -0.0725. The fraction of sp³-hybridized carbons (Fsp3) is 0.579. The average molecular weight is 349 g/mol. The van der Waals surface area contributed by atoms with Gasteiger partial charge >= 0.3 is 0 Å². The summed E-state index contributed by atoms with van der Waals surface area (Å²) in [5.74, 6) is 1.18. The first-order valence-electron chi connectivity index (χ1n) is 8.86. The van der Waals surface area contributed by atoms with Gasteiger partial charge in [-0.2, -0.15) is 0 Å². The molecule has 5 atom stereocenters. The molecule has 4 nitrogen and oxygen atoms in total. The Morgan fingerprint density at radius 1 is 1.29 bits per heavy atom. The van der Waals surface area contributed by atoms with Gasteiger partial charge in [-0.15, -0.1) is 0 Å². The SMILES string of the molecule is CCC1C(=O)NC2CC(NC(=O)c3ccc(Cl)cc3)CCC2C1C. The summed E-state index contributed by atoms with van der Waals surface area (Å²) < 4.78 is 0. The second-order valence-electron chi connectivity index (χ2n) is 7.14. The van der Waals surface area contributed by atoms with Crippen LogP contribution in [0.25, 0.3) is 0 Å². The number of nitrogens with one attached hydrogen (secondary N) is 2. The number of benzene rings is 1. The molecule has 2 aliphatic rings. The molecule has 0 spiro atoms. The second-order valence-corrected chi connectivity index (χ2v) is 7.58. The molecular weight excluding hydrogens is 324 g/mol. The number of carbonyl (C=O) groups excluding carboxylic acids is 2. The quantitative estimate of drug-likeness (QED) is 0.879. The Morgan fingerprint density at radius 2 is 2.00 bits per heavy atom. The van der Waals surface area contributed by atoms with E-state index in [9.17, 15) is 9.59 Å². The van der Waals surface area contributed by atoms with E-state index < -0.39 is 0 Å². The van der Waals surface area contributed by atoms with Crippen LogP contribution in [0.1, 0.15) is 49.9 Å². The number of amides is 2. The van der Waals surface area contributed by atoms with Crippen LogP contribution in [0.3, 0.4) is 0 Å². The molecule has 130 valence electrons. The molecule has 0 bridgehead atoms. The molecule has 1 aliphatic heterocycles. The van der Waals surface area contributed by atoms with Gasteiger partial charge in [0.2, 0.25) is 5.91 Å². The van der Waals surface area contributed by atoms with E-state index in [1.807, 2.05) is 0 Å². The van der Waals surface area contributed by atoms with Crippen LogP contribution >= 0.6 is 11.6 Å². The van der Waals surface area contributed by atoms with Gasteiger partial charge in [0.05, 0.1) is 0 Å². The molecular formula is C19H25ClN2O2. The largest absolute Gasteiger partial charge is 0.353 e. The van der Waals surface area contributed by atoms with Crippen molar-refractivity contribution in [1.29, 1.82) is 0 Å². The summed E-state index contributed by atoms with van der Waals surface area (Å²) in [6, 6.07) is 7.21. The van der Waals surface area contributed by atoms with Gasteiger partial charge in [-0.1, -0.05) is 25.4 Å². The standard InChI is InChI=1S/C19H25ClN2O2/c1-3-15-11(2)16-9-8-14(10-17(16)22-19(15)24)21-18(23)12-4-6-13(20)7-5-12/h4-7,11,14-17H,3,8-10H2,1-2H3,(H,21,23)(H,22,24). The molecule has 24 heavy (non-hydrogen) atoms. The Labute approximate surface area is 148 Å². The number of halogens is 1. The molecule has 2 amide bonds. The van der Waals surface area contributed by atoms with Crippen molar-refractivity contribution in [2.24, 2.45) is 17.8 Å². The van der Waals surface area contributed by atoms with Crippen molar-refractivity contribution in [3.8, 4) is 0 Å². The molecule has 1 saturated heterocycles. The van der Waals surface area contributed by atoms with Crippen LogP contribution in [0.5, 0.6) is 0 Å². The zero-order valence-corrected chi connectivity index (χ0v) is 15.0. The lowest BCUT2D eigenvalue weighted by atomic mass is 9.67. The molecule has 1 heterocycles. The minimum absolute atomic E-state index is 0.0725. The molecule has 1 aromatic carbocycles. The average Bonchev–Trinajstić information content (AvgIpc) is 2.55. The molecule has 2 fully saturated rings. The van der Waals surface area contributed by atoms with Gasteiger partial charge in [0.25, 0.3) is 5.91 Å². The number of hydrogen-bond donors (Lipinski definition) is 2. The first kappa shape index (κ1) is 17.3. The number of carbonyl (C=O) groups is 2. The van der Waals surface area contributed by atoms with Crippen LogP contribution in [0, 0.1) is 17.8 Å². The zero-order chi connectivity index (χ0) is 17.3. The number of rotatable bonds is 3. The van der Waals surface area contributed by atoms with Crippen molar-refractivity contribution < 1.29 is 9.59 Å². The topological polar surface area (TPSA) is 58.2 Å². The van der Waals surface area contributed by atoms with Crippen molar-refractivity contribution in [3.63, 3.8) is 0 Å². The monoisotopic (exact) mass is 348 g/mol. The maximum Gasteiger partial charge on any atom is 0.251 e. The van der Waals surface area contributed by atoms with Crippen LogP contribution < -0.4 is 10.6 Å². The molecule has 1 aliphatic carbocycles. The fourth-order valence-electron chi connectivity index (χ4n) is 4.37. The molecule has 5 unspecified atom stereocenters. The molecule has 1 aromatic rings. The smallest absolute Gasteiger partial charge is 0.251 e. The van der Waals surface area contributed by atoms with Gasteiger partial charge in [-0.25, -0.2) is 0 Å². The van der Waals surface area contributed by atoms with E-state index in [0.717, 1.165) is 25.7 Å². The summed E-state index contributed by atoms with van der Waals surface area (Å²) in [6.07, 6.45) is 3.73. The van der Waals surface area contributed by atoms with Gasteiger partial charge < -0.3 is 10.6 Å². The molecule has 2 N–H and O–H groups in total. The highest BCUT2D eigenvalue weighted by Crippen LogP contribution is 2.38. The predicted molar refractivity (Wildman–Crippen MR) is 94.9 cm³/mol. The third kappa shape index (κ3) is 3.44. The van der Waals surface area contributed by atoms with Crippen molar-refractivity contribution in [2.75, 3.05) is 0 Å². The normalized spacial score (nSPS) is 32.6. The highest BCUT2D eigenvalue weighted by molar-refractivity contribution is 6.30. The van der Waals surface area contributed by atoms with Crippen molar-refractivity contribution in [3.05, 3.63) is 34.9 Å². The Morgan fingerprint density at radius 3 is 2.67 bits per heavy atom. The maximum absolute atomic E-state index is 12.4. The summed E-state index contributed by atoms with van der Waals surface area (Å²) in [6.45, 7) is 4.29. The fourth-order valence-corrected chi connectivity index (χ4v) is 4.50. The lowest BCUT2D eigenvalue weighted by Crippen LogP contribution is -2.58. The number of fused-ring (bicyclic) bond motifs is 1. The Kier molecular flexibility index (Phi) is 5.14. The van der Waals surface area contributed by atoms with Gasteiger partial charge in [0.15, 0.2) is 0 Å². The number of piperidine rings is 1. The van der Waals surface area contributed by atoms with Gasteiger partial charge in [-0.3, -0.25) is 9.59 Å². The van der Waals surface area contributed by atoms with E-state index in [4.69, 9.17) is 11.6 Å². The van der Waals surface area contributed by atoms with Gasteiger partial charge in [0.1, 0.15) is 0 Å². The first-order valence-corrected chi connectivity index (χ1v) is 9.24. The van der Waals surface area contributed by atoms with E-state index in [-0.39, 0.29) is 29.8 Å². The molecule has 5 heteroatoms.